The zero-order chi connectivity index (χ0) is 20.8. The van der Waals surface area contributed by atoms with Gasteiger partial charge in [0, 0.05) is 19.6 Å². The van der Waals surface area contributed by atoms with Gasteiger partial charge in [0.25, 0.3) is 5.91 Å². The number of carbonyl (C=O) groups is 1. The smallest absolute Gasteiger partial charge is 0.322 e. The number of rotatable bonds is 8. The van der Waals surface area contributed by atoms with Gasteiger partial charge in [-0.25, -0.2) is 4.39 Å². The monoisotopic (exact) mass is 405 g/mol. The minimum absolute atomic E-state index is 0.162. The Hall–Kier alpha value is -2.85. The second-order valence-corrected chi connectivity index (χ2v) is 6.84. The van der Waals surface area contributed by atoms with Gasteiger partial charge in [-0.3, -0.25) is 24.9 Å². The van der Waals surface area contributed by atoms with E-state index >= 15 is 0 Å². The number of hydrogen-bond donors (Lipinski definition) is 2. The summed E-state index contributed by atoms with van der Waals surface area (Å²) in [5.74, 6) is -0.996. The van der Waals surface area contributed by atoms with Crippen molar-refractivity contribution in [2.24, 2.45) is 0 Å². The molecule has 2 heterocycles. The third-order valence-electron chi connectivity index (χ3n) is 4.89. The topological polar surface area (TPSA) is 113 Å². The third kappa shape index (κ3) is 4.96. The number of morpholine rings is 1. The first kappa shape index (κ1) is 20.9. The Morgan fingerprint density at radius 1 is 1.45 bits per heavy atom. The van der Waals surface area contributed by atoms with Crippen LogP contribution in [-0.4, -0.2) is 58.8 Å². The Bertz CT molecular complexity index is 866. The number of H-pyrrole nitrogens is 1. The largest absolute Gasteiger partial charge is 0.379 e. The number of nitro groups is 1. The van der Waals surface area contributed by atoms with E-state index < -0.39 is 10.8 Å². The van der Waals surface area contributed by atoms with Gasteiger partial charge in [0.15, 0.2) is 0 Å². The second kappa shape index (κ2) is 9.57. The summed E-state index contributed by atoms with van der Waals surface area (Å²) in [4.78, 5) is 25.6. The molecule has 1 aliphatic heterocycles. The van der Waals surface area contributed by atoms with Crippen molar-refractivity contribution in [1.82, 2.24) is 20.4 Å². The van der Waals surface area contributed by atoms with Gasteiger partial charge in [-0.15, -0.1) is 0 Å². The highest BCUT2D eigenvalue weighted by Crippen LogP contribution is 2.24. The number of nitrogens with one attached hydrogen (secondary N) is 2. The van der Waals surface area contributed by atoms with E-state index in [0.717, 1.165) is 5.56 Å². The summed E-state index contributed by atoms with van der Waals surface area (Å²) in [6.45, 7) is 4.42. The molecule has 0 bridgehead atoms. The van der Waals surface area contributed by atoms with Gasteiger partial charge >= 0.3 is 5.69 Å². The number of carbonyl (C=O) groups excluding carboxylic acids is 1. The summed E-state index contributed by atoms with van der Waals surface area (Å²) in [7, 11) is 0. The molecular weight excluding hydrogens is 381 g/mol. The van der Waals surface area contributed by atoms with E-state index in [2.05, 4.69) is 20.4 Å². The first-order valence-electron chi connectivity index (χ1n) is 9.58. The molecule has 1 atom stereocenters. The molecule has 0 radical (unpaired) electrons. The molecule has 0 saturated carbocycles. The van der Waals surface area contributed by atoms with Crippen molar-refractivity contribution in [2.45, 2.75) is 25.8 Å². The van der Waals surface area contributed by atoms with Crippen LogP contribution in [-0.2, 0) is 11.2 Å². The maximum atomic E-state index is 13.8. The summed E-state index contributed by atoms with van der Waals surface area (Å²) < 4.78 is 19.1. The van der Waals surface area contributed by atoms with Gasteiger partial charge in [0.2, 0.25) is 5.69 Å². The first-order valence-corrected chi connectivity index (χ1v) is 9.58. The van der Waals surface area contributed by atoms with E-state index in [1.165, 1.54) is 12.1 Å². The van der Waals surface area contributed by atoms with Gasteiger partial charge in [0.1, 0.15) is 11.5 Å². The number of aryl methyl sites for hydroxylation is 1. The number of halogens is 1. The number of benzene rings is 1. The Labute approximate surface area is 167 Å². The van der Waals surface area contributed by atoms with Crippen molar-refractivity contribution in [3.63, 3.8) is 0 Å². The summed E-state index contributed by atoms with van der Waals surface area (Å²) in [5.41, 5.74) is 0.518. The molecule has 10 heteroatoms. The van der Waals surface area contributed by atoms with Gasteiger partial charge in [-0.2, -0.15) is 5.10 Å². The zero-order valence-corrected chi connectivity index (χ0v) is 16.2. The third-order valence-corrected chi connectivity index (χ3v) is 4.89. The van der Waals surface area contributed by atoms with Crippen LogP contribution in [0.5, 0.6) is 0 Å². The van der Waals surface area contributed by atoms with Crippen LogP contribution in [0.25, 0.3) is 0 Å². The predicted octanol–water partition coefficient (Wildman–Crippen LogP) is 2.21. The molecule has 29 heavy (non-hydrogen) atoms. The first-order chi connectivity index (χ1) is 14.0. The molecule has 3 rings (SSSR count). The van der Waals surface area contributed by atoms with Crippen LogP contribution in [0.3, 0.4) is 0 Å². The summed E-state index contributed by atoms with van der Waals surface area (Å²) in [5, 5.41) is 20.6. The highest BCUT2D eigenvalue weighted by atomic mass is 19.1. The molecule has 1 amide bonds. The van der Waals surface area contributed by atoms with Crippen LogP contribution in [0.4, 0.5) is 10.1 Å². The molecule has 1 aromatic heterocycles. The molecule has 0 spiro atoms. The zero-order valence-electron chi connectivity index (χ0n) is 16.2. The minimum atomic E-state index is -0.634. The lowest BCUT2D eigenvalue weighted by molar-refractivity contribution is -0.385. The van der Waals surface area contributed by atoms with E-state index in [-0.39, 0.29) is 29.8 Å². The number of aromatic amines is 1. The number of nitrogens with zero attached hydrogens (tertiary/aromatic N) is 3. The van der Waals surface area contributed by atoms with Crippen molar-refractivity contribution in [3.8, 4) is 0 Å². The lowest BCUT2D eigenvalue weighted by Gasteiger charge is -2.34. The Kier molecular flexibility index (Phi) is 6.89. The molecule has 1 aromatic carbocycles. The van der Waals surface area contributed by atoms with Crippen LogP contribution >= 0.6 is 0 Å². The Morgan fingerprint density at radius 3 is 2.86 bits per heavy atom. The molecule has 2 aromatic rings. The van der Waals surface area contributed by atoms with Crippen molar-refractivity contribution >= 4 is 11.6 Å². The van der Waals surface area contributed by atoms with Gasteiger partial charge in [-0.05, 0) is 24.1 Å². The van der Waals surface area contributed by atoms with Crippen LogP contribution in [0.15, 0.2) is 24.3 Å². The number of aromatic nitrogens is 2. The SMILES string of the molecule is CCCc1[nH]nc(C(=O)NCC(c2cccc(F)c2)N2CCOCC2)c1[N+](=O)[O-]. The van der Waals surface area contributed by atoms with E-state index in [9.17, 15) is 19.3 Å². The quantitative estimate of drug-likeness (QED) is 0.514. The number of amides is 1. The lowest BCUT2D eigenvalue weighted by atomic mass is 10.0. The fourth-order valence-corrected chi connectivity index (χ4v) is 3.49. The van der Waals surface area contributed by atoms with Gasteiger partial charge < -0.3 is 10.1 Å². The van der Waals surface area contributed by atoms with Gasteiger partial charge in [0.05, 0.1) is 24.2 Å². The minimum Gasteiger partial charge on any atom is -0.379 e. The molecule has 0 aliphatic carbocycles. The lowest BCUT2D eigenvalue weighted by Crippen LogP contribution is -2.44. The maximum absolute atomic E-state index is 13.8. The highest BCUT2D eigenvalue weighted by Gasteiger charge is 2.30. The fourth-order valence-electron chi connectivity index (χ4n) is 3.49. The van der Waals surface area contributed by atoms with Gasteiger partial charge in [-0.1, -0.05) is 25.5 Å². The summed E-state index contributed by atoms with van der Waals surface area (Å²) >= 11 is 0. The van der Waals surface area contributed by atoms with Crippen molar-refractivity contribution < 1.29 is 18.8 Å². The van der Waals surface area contributed by atoms with Crippen molar-refractivity contribution in [1.29, 1.82) is 0 Å². The van der Waals surface area contributed by atoms with E-state index in [0.29, 0.717) is 44.8 Å². The Balaban J connectivity index is 1.79. The average Bonchev–Trinajstić information content (AvgIpc) is 3.13. The molecule has 2 N–H and O–H groups in total. The standard InChI is InChI=1S/C19H24FN5O4/c1-2-4-15-18(25(27)28)17(23-22-15)19(26)21-12-16(24-7-9-29-10-8-24)13-5-3-6-14(20)11-13/h3,5-6,11,16H,2,4,7-10,12H2,1H3,(H,21,26)(H,22,23). The summed E-state index contributed by atoms with van der Waals surface area (Å²) in [6, 6.07) is 5.93. The van der Waals surface area contributed by atoms with Crippen LogP contribution in [0.1, 0.15) is 41.1 Å². The van der Waals surface area contributed by atoms with E-state index in [1.54, 1.807) is 12.1 Å². The second-order valence-electron chi connectivity index (χ2n) is 6.84. The molecule has 1 unspecified atom stereocenters. The normalized spacial score (nSPS) is 15.8. The molecule has 1 saturated heterocycles. The molecule has 1 fully saturated rings. The molecule has 1 aliphatic rings. The maximum Gasteiger partial charge on any atom is 0.322 e. The molecular formula is C19H24FN5O4. The van der Waals surface area contributed by atoms with E-state index in [4.69, 9.17) is 4.74 Å². The predicted molar refractivity (Wildman–Crippen MR) is 103 cm³/mol. The molecule has 9 nitrogen and oxygen atoms in total. The fraction of sp³-hybridized carbons (Fsp3) is 0.474. The number of hydrogen-bond acceptors (Lipinski definition) is 6. The Morgan fingerprint density at radius 2 is 2.21 bits per heavy atom. The van der Waals surface area contributed by atoms with Crippen LogP contribution < -0.4 is 5.32 Å². The average molecular weight is 405 g/mol. The van der Waals surface area contributed by atoms with Crippen LogP contribution in [0.2, 0.25) is 0 Å². The van der Waals surface area contributed by atoms with E-state index in [1.807, 2.05) is 6.92 Å². The molecule has 156 valence electrons. The summed E-state index contributed by atoms with van der Waals surface area (Å²) in [6.07, 6.45) is 1.11. The highest BCUT2D eigenvalue weighted by molar-refractivity contribution is 5.96. The van der Waals surface area contributed by atoms with Crippen molar-refractivity contribution in [2.75, 3.05) is 32.8 Å². The number of ether oxygens (including phenoxy) is 1. The van der Waals surface area contributed by atoms with Crippen molar-refractivity contribution in [3.05, 3.63) is 57.1 Å². The van der Waals surface area contributed by atoms with Crippen LogP contribution in [0, 0.1) is 15.9 Å².